The molecule has 0 spiro atoms. The summed E-state index contributed by atoms with van der Waals surface area (Å²) < 4.78 is 24.0. The zero-order valence-electron chi connectivity index (χ0n) is 18.1. The Morgan fingerprint density at radius 1 is 1.06 bits per heavy atom. The van der Waals surface area contributed by atoms with Crippen molar-refractivity contribution in [3.8, 4) is 0 Å². The number of rotatable bonds is 4. The minimum Gasteiger partial charge on any atom is -0.333 e. The van der Waals surface area contributed by atoms with Crippen LogP contribution >= 0.6 is 11.6 Å². The lowest BCUT2D eigenvalue weighted by Gasteiger charge is -2.39. The van der Waals surface area contributed by atoms with Gasteiger partial charge in [-0.25, -0.2) is 8.42 Å². The summed E-state index contributed by atoms with van der Waals surface area (Å²) in [5, 5.41) is 3.16. The van der Waals surface area contributed by atoms with Crippen molar-refractivity contribution < 1.29 is 18.0 Å². The van der Waals surface area contributed by atoms with Crippen LogP contribution in [0.2, 0.25) is 5.02 Å². The van der Waals surface area contributed by atoms with Crippen LogP contribution in [0.15, 0.2) is 41.3 Å². The number of sulfone groups is 1. The quantitative estimate of drug-likeness (QED) is 0.713. The van der Waals surface area contributed by atoms with Crippen molar-refractivity contribution in [1.29, 1.82) is 0 Å². The Balaban J connectivity index is 1.94. The third kappa shape index (κ3) is 5.10. The largest absolute Gasteiger partial charge is 0.333 e. The summed E-state index contributed by atoms with van der Waals surface area (Å²) in [6, 6.07) is 9.45. The number of halogens is 1. The highest BCUT2D eigenvalue weighted by molar-refractivity contribution is 7.90. The van der Waals surface area contributed by atoms with Gasteiger partial charge in [-0.2, -0.15) is 0 Å². The topological polar surface area (TPSA) is 83.6 Å². The molecule has 1 fully saturated rings. The van der Waals surface area contributed by atoms with Gasteiger partial charge in [0.1, 0.15) is 0 Å². The van der Waals surface area contributed by atoms with E-state index in [0.717, 1.165) is 25.5 Å². The van der Waals surface area contributed by atoms with E-state index in [-0.39, 0.29) is 28.4 Å². The van der Waals surface area contributed by atoms with Crippen LogP contribution in [0.1, 0.15) is 59.4 Å². The molecule has 1 aliphatic heterocycles. The van der Waals surface area contributed by atoms with E-state index < -0.39 is 15.7 Å². The Bertz CT molecular complexity index is 1120. The molecule has 0 aromatic heterocycles. The average Bonchev–Trinajstić information content (AvgIpc) is 2.68. The highest BCUT2D eigenvalue weighted by Gasteiger charge is 2.31. The molecule has 6 nitrogen and oxygen atoms in total. The van der Waals surface area contributed by atoms with Crippen LogP contribution in [0.25, 0.3) is 0 Å². The Morgan fingerprint density at radius 3 is 2.32 bits per heavy atom. The molecule has 8 heteroatoms. The van der Waals surface area contributed by atoms with Gasteiger partial charge in [0.15, 0.2) is 9.84 Å². The second-order valence-electron chi connectivity index (χ2n) is 8.24. The number of aryl methyl sites for hydroxylation is 1. The number of hydrogen-bond donors (Lipinski definition) is 1. The van der Waals surface area contributed by atoms with Crippen molar-refractivity contribution in [2.45, 2.75) is 57.0 Å². The molecule has 0 bridgehead atoms. The third-order valence-corrected chi connectivity index (χ3v) is 7.21. The van der Waals surface area contributed by atoms with E-state index in [4.69, 9.17) is 11.6 Å². The van der Waals surface area contributed by atoms with Gasteiger partial charge in [0.05, 0.1) is 16.1 Å². The molecule has 2 unspecified atom stereocenters. The van der Waals surface area contributed by atoms with Gasteiger partial charge < -0.3 is 10.2 Å². The zero-order valence-corrected chi connectivity index (χ0v) is 19.7. The number of piperidine rings is 1. The van der Waals surface area contributed by atoms with Crippen LogP contribution in [-0.4, -0.2) is 43.5 Å². The first-order valence-corrected chi connectivity index (χ1v) is 12.5. The first-order chi connectivity index (χ1) is 14.5. The molecule has 31 heavy (non-hydrogen) atoms. The zero-order chi connectivity index (χ0) is 22.9. The summed E-state index contributed by atoms with van der Waals surface area (Å²) in [7, 11) is -3.47. The predicted octanol–water partition coefficient (Wildman–Crippen LogP) is 4.71. The standard InChI is InChI=1S/C23H27ClN2O4S/c1-14-8-9-17(12-21(14)31(4,29)30)22(27)25-20-11-10-18(24)13-19(20)23(28)26-15(2)6-5-7-16(26)3/h8-13,15-16H,5-7H2,1-4H3,(H,25,27). The van der Waals surface area contributed by atoms with Crippen molar-refractivity contribution in [3.05, 3.63) is 58.1 Å². The minimum absolute atomic E-state index is 0.0909. The van der Waals surface area contributed by atoms with Crippen molar-refractivity contribution >= 4 is 38.9 Å². The van der Waals surface area contributed by atoms with Gasteiger partial charge >= 0.3 is 0 Å². The number of likely N-dealkylation sites (tertiary alicyclic amines) is 1. The van der Waals surface area contributed by atoms with Crippen LogP contribution in [0.3, 0.4) is 0 Å². The second-order valence-corrected chi connectivity index (χ2v) is 10.7. The number of benzene rings is 2. The minimum atomic E-state index is -3.47. The SMILES string of the molecule is Cc1ccc(C(=O)Nc2ccc(Cl)cc2C(=O)N2C(C)CCCC2C)cc1S(C)(=O)=O. The molecule has 2 atom stereocenters. The molecule has 2 aromatic rings. The van der Waals surface area contributed by atoms with Crippen molar-refractivity contribution in [2.75, 3.05) is 11.6 Å². The van der Waals surface area contributed by atoms with Crippen molar-refractivity contribution in [1.82, 2.24) is 4.90 Å². The maximum atomic E-state index is 13.4. The summed E-state index contributed by atoms with van der Waals surface area (Å²) in [5.41, 5.74) is 1.41. The fourth-order valence-corrected chi connectivity index (χ4v) is 5.26. The number of amides is 2. The Morgan fingerprint density at radius 2 is 1.71 bits per heavy atom. The fraction of sp³-hybridized carbons (Fsp3) is 0.391. The van der Waals surface area contributed by atoms with E-state index in [1.807, 2.05) is 18.7 Å². The monoisotopic (exact) mass is 462 g/mol. The van der Waals surface area contributed by atoms with Gasteiger partial charge in [0, 0.05) is 28.9 Å². The van der Waals surface area contributed by atoms with Crippen molar-refractivity contribution in [3.63, 3.8) is 0 Å². The van der Waals surface area contributed by atoms with E-state index in [1.165, 1.54) is 6.07 Å². The average molecular weight is 463 g/mol. The maximum absolute atomic E-state index is 13.4. The molecule has 0 radical (unpaired) electrons. The summed E-state index contributed by atoms with van der Waals surface area (Å²) in [6.07, 6.45) is 4.03. The van der Waals surface area contributed by atoms with Gasteiger partial charge in [0.2, 0.25) is 0 Å². The van der Waals surface area contributed by atoms with E-state index in [1.54, 1.807) is 37.3 Å². The highest BCUT2D eigenvalue weighted by Crippen LogP contribution is 2.29. The smallest absolute Gasteiger partial charge is 0.256 e. The molecule has 1 heterocycles. The van der Waals surface area contributed by atoms with Crippen LogP contribution in [0.4, 0.5) is 5.69 Å². The van der Waals surface area contributed by atoms with Gasteiger partial charge in [-0.3, -0.25) is 9.59 Å². The number of nitrogens with one attached hydrogen (secondary N) is 1. The number of carbonyl (C=O) groups excluding carboxylic acids is 2. The molecular weight excluding hydrogens is 436 g/mol. The van der Waals surface area contributed by atoms with Gasteiger partial charge in [-0.15, -0.1) is 0 Å². The third-order valence-electron chi connectivity index (χ3n) is 5.74. The lowest BCUT2D eigenvalue weighted by atomic mass is 9.96. The van der Waals surface area contributed by atoms with Crippen LogP contribution in [0.5, 0.6) is 0 Å². The fourth-order valence-electron chi connectivity index (χ4n) is 4.10. The summed E-state index contributed by atoms with van der Waals surface area (Å²) in [4.78, 5) is 28.2. The van der Waals surface area contributed by atoms with E-state index in [9.17, 15) is 18.0 Å². The lowest BCUT2D eigenvalue weighted by molar-refractivity contribution is 0.0512. The molecule has 0 saturated carbocycles. The molecule has 1 aliphatic rings. The maximum Gasteiger partial charge on any atom is 0.256 e. The van der Waals surface area contributed by atoms with Gasteiger partial charge in [-0.1, -0.05) is 17.7 Å². The molecule has 1 saturated heterocycles. The molecule has 1 N–H and O–H groups in total. The van der Waals surface area contributed by atoms with Crippen LogP contribution in [0, 0.1) is 6.92 Å². The van der Waals surface area contributed by atoms with Crippen LogP contribution < -0.4 is 5.32 Å². The molecule has 0 aliphatic carbocycles. The van der Waals surface area contributed by atoms with E-state index >= 15 is 0 Å². The van der Waals surface area contributed by atoms with Crippen molar-refractivity contribution in [2.24, 2.45) is 0 Å². The van der Waals surface area contributed by atoms with Gasteiger partial charge in [-0.05, 0) is 75.9 Å². The van der Waals surface area contributed by atoms with E-state index in [2.05, 4.69) is 5.32 Å². The molecule has 3 rings (SSSR count). The first-order valence-electron chi connectivity index (χ1n) is 10.2. The Hall–Kier alpha value is -2.38. The number of carbonyl (C=O) groups is 2. The lowest BCUT2D eigenvalue weighted by Crippen LogP contribution is -2.47. The number of nitrogens with zero attached hydrogens (tertiary/aromatic N) is 1. The molecule has 2 aromatic carbocycles. The normalized spacial score (nSPS) is 19.2. The summed E-state index contributed by atoms with van der Waals surface area (Å²) >= 11 is 6.16. The first kappa shape index (κ1) is 23.3. The second kappa shape index (κ2) is 9.01. The number of hydrogen-bond acceptors (Lipinski definition) is 4. The number of anilines is 1. The summed E-state index contributed by atoms with van der Waals surface area (Å²) in [6.45, 7) is 5.72. The Labute approximate surface area is 188 Å². The van der Waals surface area contributed by atoms with Crippen LogP contribution in [-0.2, 0) is 9.84 Å². The predicted molar refractivity (Wildman–Crippen MR) is 123 cm³/mol. The molecular formula is C23H27ClN2O4S. The van der Waals surface area contributed by atoms with E-state index in [0.29, 0.717) is 21.8 Å². The Kier molecular flexibility index (Phi) is 6.76. The highest BCUT2D eigenvalue weighted by atomic mass is 35.5. The van der Waals surface area contributed by atoms with Gasteiger partial charge in [0.25, 0.3) is 11.8 Å². The molecule has 166 valence electrons. The summed E-state index contributed by atoms with van der Waals surface area (Å²) in [5.74, 6) is -0.681. The molecule has 2 amide bonds.